The molecule has 0 aliphatic heterocycles. The van der Waals surface area contributed by atoms with Gasteiger partial charge in [0.1, 0.15) is 5.69 Å². The summed E-state index contributed by atoms with van der Waals surface area (Å²) in [6, 6.07) is 10.1. The van der Waals surface area contributed by atoms with Gasteiger partial charge in [-0.2, -0.15) is 4.57 Å². The first-order valence-electron chi connectivity index (χ1n) is 5.46. The van der Waals surface area contributed by atoms with Crippen molar-refractivity contribution in [2.24, 2.45) is 0 Å². The van der Waals surface area contributed by atoms with E-state index in [1.807, 2.05) is 30.5 Å². The monoisotopic (exact) mass is 293 g/mol. The predicted octanol–water partition coefficient (Wildman–Crippen LogP) is 2.48. The number of para-hydroxylation sites is 1. The number of benzene rings is 1. The van der Waals surface area contributed by atoms with E-state index >= 15 is 0 Å². The van der Waals surface area contributed by atoms with Gasteiger partial charge in [0.15, 0.2) is 12.7 Å². The molecule has 3 nitrogen and oxygen atoms in total. The van der Waals surface area contributed by atoms with Gasteiger partial charge in [-0.1, -0.05) is 28.1 Å². The fourth-order valence-electron chi connectivity index (χ4n) is 1.86. The van der Waals surface area contributed by atoms with Gasteiger partial charge in [-0.05, 0) is 12.1 Å². The van der Waals surface area contributed by atoms with Crippen molar-refractivity contribution in [2.75, 3.05) is 10.6 Å². The molecular weight excluding hydrogens is 280 g/mol. The van der Waals surface area contributed by atoms with Crippen LogP contribution in [0.15, 0.2) is 36.5 Å². The summed E-state index contributed by atoms with van der Waals surface area (Å²) >= 11 is 3.44. The fourth-order valence-corrected chi connectivity index (χ4v) is 2.24. The Balaban J connectivity index is 2.54. The van der Waals surface area contributed by atoms with Crippen molar-refractivity contribution in [3.63, 3.8) is 0 Å². The first kappa shape index (κ1) is 12.0. The van der Waals surface area contributed by atoms with Gasteiger partial charge in [0.2, 0.25) is 11.4 Å². The summed E-state index contributed by atoms with van der Waals surface area (Å²) in [7, 11) is 0. The summed E-state index contributed by atoms with van der Waals surface area (Å²) in [6.45, 7) is 2.39. The Labute approximate surface area is 109 Å². The van der Waals surface area contributed by atoms with Crippen molar-refractivity contribution in [3.8, 4) is 0 Å². The zero-order chi connectivity index (χ0) is 12.3. The maximum atomic E-state index is 11.1. The number of nitrogens with one attached hydrogen (secondary N) is 1. The minimum Gasteiger partial charge on any atom is -0.321 e. The molecular formula is C13H14BrN2O+. The van der Waals surface area contributed by atoms with Crippen molar-refractivity contribution in [1.29, 1.82) is 0 Å². The van der Waals surface area contributed by atoms with Crippen LogP contribution >= 0.6 is 15.9 Å². The molecule has 0 unspecified atom stereocenters. The van der Waals surface area contributed by atoms with Gasteiger partial charge in [0.05, 0.1) is 5.33 Å². The molecule has 0 saturated carbocycles. The number of aromatic nitrogens is 1. The molecule has 0 fully saturated rings. The molecule has 17 heavy (non-hydrogen) atoms. The number of amides is 1. The molecule has 0 saturated heterocycles. The van der Waals surface area contributed by atoms with E-state index in [2.05, 4.69) is 31.9 Å². The van der Waals surface area contributed by atoms with Crippen LogP contribution in [0.1, 0.15) is 6.92 Å². The van der Waals surface area contributed by atoms with Crippen LogP contribution in [-0.2, 0) is 11.3 Å². The number of pyridine rings is 1. The smallest absolute Gasteiger partial charge is 0.221 e. The van der Waals surface area contributed by atoms with Crippen LogP contribution < -0.4 is 9.88 Å². The molecule has 4 heteroatoms. The third-order valence-electron chi connectivity index (χ3n) is 2.50. The average molecular weight is 294 g/mol. The molecule has 1 heterocycles. The Kier molecular flexibility index (Phi) is 3.74. The Morgan fingerprint density at radius 1 is 1.41 bits per heavy atom. The van der Waals surface area contributed by atoms with Crippen LogP contribution in [0.25, 0.3) is 10.9 Å². The van der Waals surface area contributed by atoms with Crippen LogP contribution in [0.5, 0.6) is 0 Å². The second-order valence-corrected chi connectivity index (χ2v) is 4.64. The molecule has 1 N–H and O–H groups in total. The Hall–Kier alpha value is -1.42. The summed E-state index contributed by atoms with van der Waals surface area (Å²) in [5.74, 6) is -0.0503. The molecule has 0 aliphatic carbocycles. The number of carbonyl (C=O) groups excluding carboxylic acids is 1. The first-order chi connectivity index (χ1) is 8.20. The minimum atomic E-state index is -0.0503. The summed E-state index contributed by atoms with van der Waals surface area (Å²) in [6.07, 6.45) is 1.96. The van der Waals surface area contributed by atoms with Gasteiger partial charge in [0, 0.05) is 18.4 Å². The van der Waals surface area contributed by atoms with Gasteiger partial charge in [-0.25, -0.2) is 0 Å². The standard InChI is InChI=1S/C13H13BrN2O/c1-10(17)15-12-8-11-4-2-3-5-13(11)16(9-12)7-6-14/h2-5,8-9H,6-7H2,1H3/p+1. The second kappa shape index (κ2) is 5.27. The van der Waals surface area contributed by atoms with Gasteiger partial charge in [-0.3, -0.25) is 4.79 Å². The topological polar surface area (TPSA) is 33.0 Å². The number of aryl methyl sites for hydroxylation is 1. The number of hydrogen-bond acceptors (Lipinski definition) is 1. The minimum absolute atomic E-state index is 0.0503. The van der Waals surface area contributed by atoms with E-state index in [0.717, 1.165) is 22.9 Å². The predicted molar refractivity (Wildman–Crippen MR) is 72.2 cm³/mol. The molecule has 0 aliphatic rings. The van der Waals surface area contributed by atoms with Crippen molar-refractivity contribution in [3.05, 3.63) is 36.5 Å². The van der Waals surface area contributed by atoms with Crippen molar-refractivity contribution in [1.82, 2.24) is 0 Å². The maximum Gasteiger partial charge on any atom is 0.221 e. The Bertz CT molecular complexity index is 554. The van der Waals surface area contributed by atoms with Crippen LogP contribution in [0, 0.1) is 0 Å². The van der Waals surface area contributed by atoms with E-state index in [-0.39, 0.29) is 5.91 Å². The Morgan fingerprint density at radius 3 is 2.88 bits per heavy atom. The zero-order valence-electron chi connectivity index (χ0n) is 9.61. The number of fused-ring (bicyclic) bond motifs is 1. The summed E-state index contributed by atoms with van der Waals surface area (Å²) in [5.41, 5.74) is 2.00. The number of nitrogens with zero attached hydrogens (tertiary/aromatic N) is 1. The summed E-state index contributed by atoms with van der Waals surface area (Å²) < 4.78 is 2.13. The number of anilines is 1. The third-order valence-corrected chi connectivity index (χ3v) is 2.85. The summed E-state index contributed by atoms with van der Waals surface area (Å²) in [5, 5.41) is 4.83. The lowest BCUT2D eigenvalue weighted by molar-refractivity contribution is -0.665. The zero-order valence-corrected chi connectivity index (χ0v) is 11.2. The lowest BCUT2D eigenvalue weighted by Gasteiger charge is -2.04. The van der Waals surface area contributed by atoms with Gasteiger partial charge < -0.3 is 5.32 Å². The van der Waals surface area contributed by atoms with Gasteiger partial charge in [-0.15, -0.1) is 0 Å². The highest BCUT2D eigenvalue weighted by atomic mass is 79.9. The highest BCUT2D eigenvalue weighted by Gasteiger charge is 2.10. The fraction of sp³-hybridized carbons (Fsp3) is 0.231. The molecule has 2 rings (SSSR count). The second-order valence-electron chi connectivity index (χ2n) is 3.85. The molecule has 0 atom stereocenters. The highest BCUT2D eigenvalue weighted by molar-refractivity contribution is 9.09. The number of alkyl halides is 1. The molecule has 1 amide bonds. The van der Waals surface area contributed by atoms with E-state index in [9.17, 15) is 4.79 Å². The SMILES string of the molecule is CC(=O)Nc1cc2ccccc2[n+](CCBr)c1. The van der Waals surface area contributed by atoms with Gasteiger partial charge in [0.25, 0.3) is 0 Å². The van der Waals surface area contributed by atoms with Crippen molar-refractivity contribution in [2.45, 2.75) is 13.5 Å². The number of halogens is 1. The quantitative estimate of drug-likeness (QED) is 0.684. The average Bonchev–Trinajstić information content (AvgIpc) is 2.28. The largest absolute Gasteiger partial charge is 0.321 e. The van der Waals surface area contributed by atoms with Crippen molar-refractivity contribution < 1.29 is 9.36 Å². The highest BCUT2D eigenvalue weighted by Crippen LogP contribution is 2.15. The van der Waals surface area contributed by atoms with E-state index in [1.54, 1.807) is 0 Å². The number of hydrogen-bond donors (Lipinski definition) is 1. The van der Waals surface area contributed by atoms with Crippen LogP contribution in [0.4, 0.5) is 5.69 Å². The molecule has 1 aromatic heterocycles. The van der Waals surface area contributed by atoms with Gasteiger partial charge >= 0.3 is 0 Å². The number of rotatable bonds is 3. The van der Waals surface area contributed by atoms with Crippen LogP contribution in [0.2, 0.25) is 0 Å². The van der Waals surface area contributed by atoms with E-state index in [1.165, 1.54) is 12.4 Å². The molecule has 0 spiro atoms. The van der Waals surface area contributed by atoms with Crippen LogP contribution in [-0.4, -0.2) is 11.2 Å². The molecule has 88 valence electrons. The lowest BCUT2D eigenvalue weighted by Crippen LogP contribution is -2.35. The number of carbonyl (C=O) groups is 1. The first-order valence-corrected chi connectivity index (χ1v) is 6.58. The van der Waals surface area contributed by atoms with E-state index in [0.29, 0.717) is 0 Å². The van der Waals surface area contributed by atoms with E-state index < -0.39 is 0 Å². The maximum absolute atomic E-state index is 11.1. The molecule has 2 aromatic rings. The summed E-state index contributed by atoms with van der Waals surface area (Å²) in [4.78, 5) is 11.1. The van der Waals surface area contributed by atoms with Crippen LogP contribution in [0.3, 0.4) is 0 Å². The Morgan fingerprint density at radius 2 is 2.18 bits per heavy atom. The van der Waals surface area contributed by atoms with E-state index in [4.69, 9.17) is 0 Å². The lowest BCUT2D eigenvalue weighted by atomic mass is 10.2. The molecule has 1 aromatic carbocycles. The molecule has 0 bridgehead atoms. The normalized spacial score (nSPS) is 10.5. The third kappa shape index (κ3) is 2.82. The van der Waals surface area contributed by atoms with Crippen molar-refractivity contribution >= 4 is 38.4 Å². The molecule has 0 radical (unpaired) electrons.